The fourth-order valence-corrected chi connectivity index (χ4v) is 5.88. The largest absolute Gasteiger partial charge is 0.493 e. The summed E-state index contributed by atoms with van der Waals surface area (Å²) < 4.78 is 5.60. The van der Waals surface area contributed by atoms with Crippen LogP contribution < -0.4 is 10.1 Å². The molecule has 1 saturated heterocycles. The van der Waals surface area contributed by atoms with E-state index in [4.69, 9.17) is 4.74 Å². The molecule has 1 atom stereocenters. The molecule has 5 nitrogen and oxygen atoms in total. The van der Waals surface area contributed by atoms with Crippen LogP contribution in [0.25, 0.3) is 11.1 Å². The highest BCUT2D eigenvalue weighted by Crippen LogP contribution is 2.33. The highest BCUT2D eigenvalue weighted by molar-refractivity contribution is 8.00. The van der Waals surface area contributed by atoms with Crippen LogP contribution in [0.15, 0.2) is 60.7 Å². The van der Waals surface area contributed by atoms with Crippen molar-refractivity contribution in [2.45, 2.75) is 25.6 Å². The molecule has 1 unspecified atom stereocenters. The van der Waals surface area contributed by atoms with Gasteiger partial charge in [-0.3, -0.25) is 9.59 Å². The highest BCUT2D eigenvalue weighted by atomic mass is 32.2. The van der Waals surface area contributed by atoms with Crippen LogP contribution in [0.4, 0.5) is 0 Å². The zero-order valence-corrected chi connectivity index (χ0v) is 20.3. The number of thioether (sulfide) groups is 1. The summed E-state index contributed by atoms with van der Waals surface area (Å²) >= 11 is 1.71. The molecule has 3 aromatic rings. The van der Waals surface area contributed by atoms with Crippen LogP contribution in [-0.2, 0) is 6.42 Å². The molecule has 174 valence electrons. The monoisotopic (exact) mass is 472 g/mol. The average Bonchev–Trinajstić information content (AvgIpc) is 3.53. The zero-order chi connectivity index (χ0) is 23.7. The minimum Gasteiger partial charge on any atom is -0.493 e. The summed E-state index contributed by atoms with van der Waals surface area (Å²) in [5.74, 6) is 1.56. The molecule has 0 aromatic heterocycles. The van der Waals surface area contributed by atoms with Crippen LogP contribution in [0.2, 0.25) is 0 Å². The Kier molecular flexibility index (Phi) is 6.33. The lowest BCUT2D eigenvalue weighted by atomic mass is 9.92. The number of benzene rings is 3. The lowest BCUT2D eigenvalue weighted by molar-refractivity contribution is 0.0751. The Labute approximate surface area is 204 Å². The molecule has 34 heavy (non-hydrogen) atoms. The molecular formula is C28H28N2O3S. The van der Waals surface area contributed by atoms with Crippen LogP contribution in [-0.4, -0.2) is 47.5 Å². The number of carbonyl (C=O) groups excluding carboxylic acids is 2. The van der Waals surface area contributed by atoms with E-state index in [0.717, 1.165) is 51.3 Å². The molecule has 0 bridgehead atoms. The molecule has 0 radical (unpaired) electrons. The van der Waals surface area contributed by atoms with E-state index in [0.29, 0.717) is 25.3 Å². The summed E-state index contributed by atoms with van der Waals surface area (Å²) in [7, 11) is 0. The predicted octanol–water partition coefficient (Wildman–Crippen LogP) is 4.85. The summed E-state index contributed by atoms with van der Waals surface area (Å²) in [6.45, 7) is 5.75. The van der Waals surface area contributed by atoms with E-state index in [2.05, 4.69) is 11.4 Å². The molecule has 0 spiro atoms. The fraction of sp³-hybridized carbons (Fsp3) is 0.286. The Morgan fingerprint density at radius 1 is 1.06 bits per heavy atom. The Morgan fingerprint density at radius 2 is 1.88 bits per heavy atom. The Hall–Kier alpha value is -3.25. The van der Waals surface area contributed by atoms with Crippen LogP contribution in [0.5, 0.6) is 5.75 Å². The summed E-state index contributed by atoms with van der Waals surface area (Å²) in [4.78, 5) is 28.8. The molecule has 2 heterocycles. The maximum atomic E-state index is 13.9. The minimum absolute atomic E-state index is 0.0262. The number of aryl methyl sites for hydroxylation is 1. The third kappa shape index (κ3) is 4.18. The van der Waals surface area contributed by atoms with Crippen molar-refractivity contribution in [3.05, 3.63) is 88.5 Å². The van der Waals surface area contributed by atoms with E-state index in [1.165, 1.54) is 0 Å². The molecule has 2 aliphatic rings. The van der Waals surface area contributed by atoms with Gasteiger partial charge in [0.1, 0.15) is 5.75 Å². The third-order valence-corrected chi connectivity index (χ3v) is 7.93. The Bertz CT molecular complexity index is 1240. The van der Waals surface area contributed by atoms with Crippen molar-refractivity contribution < 1.29 is 14.3 Å². The number of hydrogen-bond donors (Lipinski definition) is 1. The quantitative estimate of drug-likeness (QED) is 0.577. The van der Waals surface area contributed by atoms with Gasteiger partial charge in [-0.25, -0.2) is 0 Å². The number of rotatable bonds is 5. The number of amides is 2. The summed E-state index contributed by atoms with van der Waals surface area (Å²) in [5.41, 5.74) is 6.47. The maximum absolute atomic E-state index is 13.9. The van der Waals surface area contributed by atoms with Gasteiger partial charge in [0.25, 0.3) is 11.8 Å². The minimum atomic E-state index is -0.112. The first-order valence-corrected chi connectivity index (χ1v) is 12.7. The van der Waals surface area contributed by atoms with Crippen molar-refractivity contribution in [2.24, 2.45) is 0 Å². The summed E-state index contributed by atoms with van der Waals surface area (Å²) in [5, 5.41) is 2.97. The first kappa shape index (κ1) is 22.5. The summed E-state index contributed by atoms with van der Waals surface area (Å²) in [6.07, 6.45) is 0.747. The maximum Gasteiger partial charge on any atom is 0.255 e. The van der Waals surface area contributed by atoms with Crippen LogP contribution in [0, 0.1) is 13.8 Å². The predicted molar refractivity (Wildman–Crippen MR) is 137 cm³/mol. The average molecular weight is 473 g/mol. The van der Waals surface area contributed by atoms with Crippen molar-refractivity contribution in [3.8, 4) is 16.9 Å². The van der Waals surface area contributed by atoms with Crippen LogP contribution in [0.3, 0.4) is 0 Å². The lowest BCUT2D eigenvalue weighted by Crippen LogP contribution is -2.42. The van der Waals surface area contributed by atoms with E-state index in [1.54, 1.807) is 11.8 Å². The number of hydrogen-bond acceptors (Lipinski definition) is 4. The second-order valence-corrected chi connectivity index (χ2v) is 10.00. The molecule has 0 aliphatic carbocycles. The van der Waals surface area contributed by atoms with Crippen LogP contribution >= 0.6 is 11.8 Å². The molecule has 0 saturated carbocycles. The Balaban J connectivity index is 1.37. The van der Waals surface area contributed by atoms with Gasteiger partial charge >= 0.3 is 0 Å². The van der Waals surface area contributed by atoms with Gasteiger partial charge in [0.15, 0.2) is 0 Å². The van der Waals surface area contributed by atoms with E-state index in [-0.39, 0.29) is 17.2 Å². The molecule has 5 rings (SSSR count). The Morgan fingerprint density at radius 3 is 2.71 bits per heavy atom. The standard InChI is InChI=1S/C28H28N2O3S/c1-18-11-12-21(20-7-4-3-5-8-20)26(19(18)2)28(32)30-14-16-34-25(30)17-29-27(31)23-9-6-10-24-22(23)13-15-33-24/h3-12,25H,13-17H2,1-2H3,(H,29,31). The lowest BCUT2D eigenvalue weighted by Gasteiger charge is -2.26. The molecular weight excluding hydrogens is 444 g/mol. The summed E-state index contributed by atoms with van der Waals surface area (Å²) in [6, 6.07) is 19.8. The molecule has 1 fully saturated rings. The van der Waals surface area contributed by atoms with E-state index in [1.807, 2.05) is 73.3 Å². The van der Waals surface area contributed by atoms with Gasteiger partial charge in [-0.2, -0.15) is 0 Å². The third-order valence-electron chi connectivity index (χ3n) is 6.71. The first-order chi connectivity index (χ1) is 16.5. The number of fused-ring (bicyclic) bond motifs is 1. The molecule has 2 aliphatic heterocycles. The molecule has 2 amide bonds. The van der Waals surface area contributed by atoms with Gasteiger partial charge in [0.2, 0.25) is 0 Å². The second-order valence-electron chi connectivity index (χ2n) is 8.71. The molecule has 6 heteroatoms. The van der Waals surface area contributed by atoms with Crippen molar-refractivity contribution in [2.75, 3.05) is 25.4 Å². The number of ether oxygens (including phenoxy) is 1. The molecule has 3 aromatic carbocycles. The zero-order valence-electron chi connectivity index (χ0n) is 19.5. The number of nitrogens with zero attached hydrogens (tertiary/aromatic N) is 1. The van der Waals surface area contributed by atoms with Gasteiger partial charge in [-0.05, 0) is 48.2 Å². The van der Waals surface area contributed by atoms with Crippen molar-refractivity contribution >= 4 is 23.6 Å². The second kappa shape index (κ2) is 9.55. The smallest absolute Gasteiger partial charge is 0.255 e. The van der Waals surface area contributed by atoms with E-state index in [9.17, 15) is 9.59 Å². The first-order valence-electron chi connectivity index (χ1n) is 11.7. The van der Waals surface area contributed by atoms with E-state index < -0.39 is 0 Å². The fourth-order valence-electron chi connectivity index (χ4n) is 4.73. The van der Waals surface area contributed by atoms with Gasteiger partial charge in [0.05, 0.1) is 17.5 Å². The van der Waals surface area contributed by atoms with Crippen LogP contribution in [0.1, 0.15) is 37.4 Å². The van der Waals surface area contributed by atoms with Crippen molar-refractivity contribution in [1.82, 2.24) is 10.2 Å². The van der Waals surface area contributed by atoms with Gasteiger partial charge in [-0.1, -0.05) is 48.5 Å². The van der Waals surface area contributed by atoms with Crippen molar-refractivity contribution in [3.63, 3.8) is 0 Å². The van der Waals surface area contributed by atoms with Gasteiger partial charge in [0, 0.05) is 36.4 Å². The number of nitrogens with one attached hydrogen (secondary N) is 1. The SMILES string of the molecule is Cc1ccc(-c2ccccc2)c(C(=O)N2CCSC2CNC(=O)c2cccc3c2CCO3)c1C. The van der Waals surface area contributed by atoms with E-state index >= 15 is 0 Å². The highest BCUT2D eigenvalue weighted by Gasteiger charge is 2.33. The normalized spacial score (nSPS) is 16.8. The van der Waals surface area contributed by atoms with Crippen molar-refractivity contribution in [1.29, 1.82) is 0 Å². The topological polar surface area (TPSA) is 58.6 Å². The molecule has 1 N–H and O–H groups in total. The number of carbonyl (C=O) groups is 2. The van der Waals surface area contributed by atoms with Gasteiger partial charge < -0.3 is 15.0 Å². The van der Waals surface area contributed by atoms with Gasteiger partial charge in [-0.15, -0.1) is 11.8 Å².